The molecule has 2 aromatic heterocycles. The monoisotopic (exact) mass is 395 g/mol. The Morgan fingerprint density at radius 1 is 1.00 bits per heavy atom. The molecule has 0 bridgehead atoms. The molecule has 2 aromatic carbocycles. The van der Waals surface area contributed by atoms with Crippen molar-refractivity contribution in [2.45, 2.75) is 6.04 Å². The fraction of sp³-hybridized carbons (Fsp3) is 0.0500. The summed E-state index contributed by atoms with van der Waals surface area (Å²) < 4.78 is 5.87. The first kappa shape index (κ1) is 17.5. The van der Waals surface area contributed by atoms with E-state index in [1.165, 1.54) is 11.3 Å². The molecule has 0 spiro atoms. The van der Waals surface area contributed by atoms with Crippen molar-refractivity contribution in [2.24, 2.45) is 0 Å². The standard InChI is InChI=1S/C20H14ClN3O2S/c21-15-10-5-4-9-14(15)17(22-18(25)16-11-6-12-27-16)20-24-23-19(26-20)13-7-2-1-3-8-13/h1-12,17H,(H,22,25)/t17-/m1/s1. The topological polar surface area (TPSA) is 68.0 Å². The predicted molar refractivity (Wildman–Crippen MR) is 105 cm³/mol. The number of nitrogens with one attached hydrogen (secondary N) is 1. The van der Waals surface area contributed by atoms with E-state index in [0.29, 0.717) is 21.4 Å². The maximum atomic E-state index is 12.6. The molecule has 0 radical (unpaired) electrons. The van der Waals surface area contributed by atoms with Crippen LogP contribution in [0.15, 0.2) is 76.5 Å². The van der Waals surface area contributed by atoms with Gasteiger partial charge in [0, 0.05) is 16.1 Å². The first-order valence-electron chi connectivity index (χ1n) is 8.20. The third-order valence-electron chi connectivity index (χ3n) is 3.94. The summed E-state index contributed by atoms with van der Waals surface area (Å²) in [6, 6.07) is 19.6. The lowest BCUT2D eigenvalue weighted by Gasteiger charge is -2.16. The van der Waals surface area contributed by atoms with Crippen molar-refractivity contribution in [1.82, 2.24) is 15.5 Å². The maximum Gasteiger partial charge on any atom is 0.262 e. The van der Waals surface area contributed by atoms with Crippen LogP contribution in [0.25, 0.3) is 11.5 Å². The second kappa shape index (κ2) is 7.73. The Morgan fingerprint density at radius 2 is 1.78 bits per heavy atom. The molecule has 27 heavy (non-hydrogen) atoms. The van der Waals surface area contributed by atoms with Crippen LogP contribution < -0.4 is 5.32 Å². The van der Waals surface area contributed by atoms with Gasteiger partial charge in [0.2, 0.25) is 11.8 Å². The second-order valence-electron chi connectivity index (χ2n) is 5.72. The molecule has 0 aliphatic heterocycles. The smallest absolute Gasteiger partial charge is 0.262 e. The molecular weight excluding hydrogens is 382 g/mol. The number of benzene rings is 2. The second-order valence-corrected chi connectivity index (χ2v) is 7.07. The van der Waals surface area contributed by atoms with E-state index >= 15 is 0 Å². The Kier molecular flexibility index (Phi) is 5.00. The molecule has 0 unspecified atom stereocenters. The highest BCUT2D eigenvalue weighted by molar-refractivity contribution is 7.12. The summed E-state index contributed by atoms with van der Waals surface area (Å²) in [7, 11) is 0. The molecule has 4 rings (SSSR count). The number of hydrogen-bond acceptors (Lipinski definition) is 5. The molecule has 134 valence electrons. The molecule has 0 saturated carbocycles. The Balaban J connectivity index is 1.71. The van der Waals surface area contributed by atoms with Crippen molar-refractivity contribution in [3.63, 3.8) is 0 Å². The summed E-state index contributed by atoms with van der Waals surface area (Å²) in [5.41, 5.74) is 1.49. The van der Waals surface area contributed by atoms with Gasteiger partial charge in [-0.3, -0.25) is 4.79 Å². The first-order valence-corrected chi connectivity index (χ1v) is 9.46. The van der Waals surface area contributed by atoms with E-state index in [4.69, 9.17) is 16.0 Å². The molecule has 0 fully saturated rings. The molecule has 0 aliphatic carbocycles. The predicted octanol–water partition coefficient (Wildman–Crippen LogP) is 4.97. The number of halogens is 1. The van der Waals surface area contributed by atoms with Crippen molar-refractivity contribution >= 4 is 28.8 Å². The van der Waals surface area contributed by atoms with Gasteiger partial charge in [-0.05, 0) is 29.6 Å². The molecule has 2 heterocycles. The van der Waals surface area contributed by atoms with Crippen LogP contribution in [0.5, 0.6) is 0 Å². The van der Waals surface area contributed by atoms with Gasteiger partial charge in [-0.1, -0.05) is 54.1 Å². The Hall–Kier alpha value is -2.96. The van der Waals surface area contributed by atoms with Crippen molar-refractivity contribution in [3.8, 4) is 11.5 Å². The average molecular weight is 396 g/mol. The van der Waals surface area contributed by atoms with Crippen LogP contribution in [-0.4, -0.2) is 16.1 Å². The highest BCUT2D eigenvalue weighted by atomic mass is 35.5. The fourth-order valence-corrected chi connectivity index (χ4v) is 3.51. The number of carbonyl (C=O) groups is 1. The minimum atomic E-state index is -0.654. The molecular formula is C20H14ClN3O2S. The van der Waals surface area contributed by atoms with E-state index in [9.17, 15) is 4.79 Å². The lowest BCUT2D eigenvalue weighted by molar-refractivity contribution is 0.0942. The van der Waals surface area contributed by atoms with E-state index in [1.54, 1.807) is 12.1 Å². The zero-order chi connectivity index (χ0) is 18.6. The Morgan fingerprint density at radius 3 is 2.52 bits per heavy atom. The van der Waals surface area contributed by atoms with E-state index in [0.717, 1.165) is 5.56 Å². The zero-order valence-corrected chi connectivity index (χ0v) is 15.6. The largest absolute Gasteiger partial charge is 0.418 e. The Bertz CT molecular complexity index is 1050. The molecule has 1 N–H and O–H groups in total. The van der Waals surface area contributed by atoms with Crippen LogP contribution in [0.3, 0.4) is 0 Å². The molecule has 4 aromatic rings. The van der Waals surface area contributed by atoms with Gasteiger partial charge in [0.1, 0.15) is 6.04 Å². The molecule has 7 heteroatoms. The summed E-state index contributed by atoms with van der Waals surface area (Å²) in [5.74, 6) is 0.425. The highest BCUT2D eigenvalue weighted by Crippen LogP contribution is 2.30. The van der Waals surface area contributed by atoms with Crippen molar-refractivity contribution < 1.29 is 9.21 Å². The SMILES string of the molecule is O=C(N[C@@H](c1nnc(-c2ccccc2)o1)c1ccccc1Cl)c1cccs1. The third-order valence-corrected chi connectivity index (χ3v) is 5.16. The molecule has 1 atom stereocenters. The normalized spacial score (nSPS) is 11.9. The Labute approximate surface area is 164 Å². The quantitative estimate of drug-likeness (QED) is 0.518. The number of hydrogen-bond donors (Lipinski definition) is 1. The van der Waals surface area contributed by atoms with Gasteiger partial charge in [-0.2, -0.15) is 0 Å². The minimum absolute atomic E-state index is 0.227. The van der Waals surface area contributed by atoms with Crippen LogP contribution >= 0.6 is 22.9 Å². The fourth-order valence-electron chi connectivity index (χ4n) is 2.64. The number of rotatable bonds is 5. The van der Waals surface area contributed by atoms with Crippen LogP contribution in [0.4, 0.5) is 0 Å². The van der Waals surface area contributed by atoms with Gasteiger partial charge in [0.05, 0.1) is 4.88 Å². The summed E-state index contributed by atoms with van der Waals surface area (Å²) in [4.78, 5) is 13.2. The minimum Gasteiger partial charge on any atom is -0.418 e. The van der Waals surface area contributed by atoms with Gasteiger partial charge in [-0.25, -0.2) is 0 Å². The first-order chi connectivity index (χ1) is 13.2. The van der Waals surface area contributed by atoms with Crippen molar-refractivity contribution in [2.75, 3.05) is 0 Å². The van der Waals surface area contributed by atoms with Gasteiger partial charge in [0.25, 0.3) is 5.91 Å². The van der Waals surface area contributed by atoms with Crippen LogP contribution in [-0.2, 0) is 0 Å². The molecule has 0 aliphatic rings. The van der Waals surface area contributed by atoms with Crippen LogP contribution in [0, 0.1) is 0 Å². The number of nitrogens with zero attached hydrogens (tertiary/aromatic N) is 2. The van der Waals surface area contributed by atoms with E-state index in [1.807, 2.05) is 60.0 Å². The third kappa shape index (κ3) is 3.77. The lowest BCUT2D eigenvalue weighted by Crippen LogP contribution is -2.29. The van der Waals surface area contributed by atoms with Crippen LogP contribution in [0.1, 0.15) is 27.2 Å². The van der Waals surface area contributed by atoms with Crippen molar-refractivity contribution in [3.05, 3.63) is 93.5 Å². The van der Waals surface area contributed by atoms with Crippen LogP contribution in [0.2, 0.25) is 5.02 Å². The van der Waals surface area contributed by atoms with E-state index < -0.39 is 6.04 Å². The maximum absolute atomic E-state index is 12.6. The van der Waals surface area contributed by atoms with Gasteiger partial charge in [0.15, 0.2) is 0 Å². The van der Waals surface area contributed by atoms with Gasteiger partial charge in [-0.15, -0.1) is 21.5 Å². The lowest BCUT2D eigenvalue weighted by atomic mass is 10.1. The highest BCUT2D eigenvalue weighted by Gasteiger charge is 2.26. The average Bonchev–Trinajstić information content (AvgIpc) is 3.40. The molecule has 5 nitrogen and oxygen atoms in total. The zero-order valence-electron chi connectivity index (χ0n) is 14.0. The number of amides is 1. The number of thiophene rings is 1. The van der Waals surface area contributed by atoms with Gasteiger partial charge >= 0.3 is 0 Å². The molecule has 1 amide bonds. The number of carbonyl (C=O) groups excluding carboxylic acids is 1. The summed E-state index contributed by atoms with van der Waals surface area (Å²) in [6.45, 7) is 0. The van der Waals surface area contributed by atoms with Crippen molar-refractivity contribution in [1.29, 1.82) is 0 Å². The number of aromatic nitrogens is 2. The van der Waals surface area contributed by atoms with Gasteiger partial charge < -0.3 is 9.73 Å². The van der Waals surface area contributed by atoms with E-state index in [2.05, 4.69) is 15.5 Å². The summed E-state index contributed by atoms with van der Waals surface area (Å²) in [6.07, 6.45) is 0. The summed E-state index contributed by atoms with van der Waals surface area (Å²) >= 11 is 7.72. The van der Waals surface area contributed by atoms with E-state index in [-0.39, 0.29) is 11.8 Å². The summed E-state index contributed by atoms with van der Waals surface area (Å²) in [5, 5.41) is 13.6. The molecule has 0 saturated heterocycles.